The topological polar surface area (TPSA) is 82.4 Å². The lowest BCUT2D eigenvalue weighted by Gasteiger charge is -2.30. The lowest BCUT2D eigenvalue weighted by atomic mass is 9.90. The van der Waals surface area contributed by atoms with Crippen molar-refractivity contribution in [1.29, 1.82) is 5.26 Å². The van der Waals surface area contributed by atoms with Crippen LogP contribution in [0.15, 0.2) is 24.3 Å². The second-order valence-electron chi connectivity index (χ2n) is 4.93. The quantitative estimate of drug-likeness (QED) is 0.777. The molecule has 20 heavy (non-hydrogen) atoms. The Kier molecular flexibility index (Phi) is 2.92. The summed E-state index contributed by atoms with van der Waals surface area (Å²) in [6, 6.07) is 8.04. The molecule has 2 saturated heterocycles. The molecule has 1 spiro atoms. The Morgan fingerprint density at radius 3 is 2.75 bits per heavy atom. The number of carbonyl (C=O) groups excluding carboxylic acids is 2. The minimum atomic E-state index is -0.849. The van der Waals surface area contributed by atoms with E-state index in [0.29, 0.717) is 37.3 Å². The van der Waals surface area contributed by atoms with E-state index in [2.05, 4.69) is 5.32 Å². The molecular weight excluding hydrogens is 258 g/mol. The van der Waals surface area contributed by atoms with E-state index in [-0.39, 0.29) is 5.91 Å². The molecule has 1 aromatic rings. The average molecular weight is 271 g/mol. The highest BCUT2D eigenvalue weighted by Gasteiger charge is 2.52. The van der Waals surface area contributed by atoms with E-state index >= 15 is 0 Å². The van der Waals surface area contributed by atoms with Gasteiger partial charge in [0.05, 0.1) is 17.3 Å². The van der Waals surface area contributed by atoms with Crippen LogP contribution in [-0.4, -0.2) is 30.7 Å². The maximum absolute atomic E-state index is 12.6. The first-order valence-corrected chi connectivity index (χ1v) is 6.41. The number of nitriles is 1. The number of anilines is 1. The third-order valence-corrected chi connectivity index (χ3v) is 3.74. The molecule has 2 aliphatic heterocycles. The fraction of sp³-hybridized carbons (Fsp3) is 0.357. The summed E-state index contributed by atoms with van der Waals surface area (Å²) in [6.45, 7) is 0.913. The molecule has 1 aromatic carbocycles. The number of imide groups is 1. The number of urea groups is 1. The molecule has 6 nitrogen and oxygen atoms in total. The van der Waals surface area contributed by atoms with E-state index in [9.17, 15) is 9.59 Å². The van der Waals surface area contributed by atoms with Crippen LogP contribution in [0.4, 0.5) is 10.5 Å². The largest absolute Gasteiger partial charge is 0.381 e. The van der Waals surface area contributed by atoms with Gasteiger partial charge < -0.3 is 10.1 Å². The van der Waals surface area contributed by atoms with Crippen molar-refractivity contribution in [3.05, 3.63) is 29.8 Å². The highest BCUT2D eigenvalue weighted by atomic mass is 16.5. The molecule has 0 aromatic heterocycles. The molecule has 2 heterocycles. The third kappa shape index (κ3) is 1.84. The van der Waals surface area contributed by atoms with Crippen molar-refractivity contribution >= 4 is 17.6 Å². The molecule has 0 saturated carbocycles. The van der Waals surface area contributed by atoms with Gasteiger partial charge in [-0.05, 0) is 18.2 Å². The first-order valence-electron chi connectivity index (χ1n) is 6.41. The first kappa shape index (κ1) is 12.6. The van der Waals surface area contributed by atoms with Crippen LogP contribution in [0, 0.1) is 11.3 Å². The third-order valence-electron chi connectivity index (χ3n) is 3.74. The van der Waals surface area contributed by atoms with Crippen LogP contribution in [-0.2, 0) is 9.53 Å². The van der Waals surface area contributed by atoms with Crippen molar-refractivity contribution in [3.8, 4) is 6.07 Å². The summed E-state index contributed by atoms with van der Waals surface area (Å²) in [7, 11) is 0. The van der Waals surface area contributed by atoms with Gasteiger partial charge in [-0.2, -0.15) is 5.26 Å². The number of hydrogen-bond acceptors (Lipinski definition) is 4. The molecule has 6 heteroatoms. The second kappa shape index (κ2) is 4.62. The summed E-state index contributed by atoms with van der Waals surface area (Å²) >= 11 is 0. The normalized spacial score (nSPS) is 20.9. The van der Waals surface area contributed by atoms with Crippen molar-refractivity contribution in [1.82, 2.24) is 5.32 Å². The van der Waals surface area contributed by atoms with Gasteiger partial charge in [-0.1, -0.05) is 6.07 Å². The zero-order valence-electron chi connectivity index (χ0n) is 10.8. The van der Waals surface area contributed by atoms with Crippen molar-refractivity contribution in [2.24, 2.45) is 0 Å². The van der Waals surface area contributed by atoms with Gasteiger partial charge in [0.25, 0.3) is 5.91 Å². The monoisotopic (exact) mass is 271 g/mol. The standard InChI is InChI=1S/C14H13N3O3/c15-9-10-2-1-3-11(8-10)17-12(18)14(16-13(17)19)4-6-20-7-5-14/h1-3,8H,4-7H2,(H,16,19). The van der Waals surface area contributed by atoms with E-state index in [1.165, 1.54) is 6.07 Å². The first-order chi connectivity index (χ1) is 9.66. The number of carbonyl (C=O) groups is 2. The predicted octanol–water partition coefficient (Wildman–Crippen LogP) is 1.16. The van der Waals surface area contributed by atoms with Crippen molar-refractivity contribution in [2.45, 2.75) is 18.4 Å². The lowest BCUT2D eigenvalue weighted by molar-refractivity contribution is -0.125. The Bertz CT molecular complexity index is 614. The van der Waals surface area contributed by atoms with Gasteiger partial charge in [-0.3, -0.25) is 4.79 Å². The van der Waals surface area contributed by atoms with Crippen molar-refractivity contribution < 1.29 is 14.3 Å². The number of nitrogens with one attached hydrogen (secondary N) is 1. The summed E-state index contributed by atoms with van der Waals surface area (Å²) in [5.74, 6) is -0.263. The molecule has 0 bridgehead atoms. The Hall–Kier alpha value is -2.39. The number of ether oxygens (including phenoxy) is 1. The molecule has 0 unspecified atom stereocenters. The van der Waals surface area contributed by atoms with E-state index in [1.54, 1.807) is 18.2 Å². The second-order valence-corrected chi connectivity index (χ2v) is 4.93. The van der Waals surface area contributed by atoms with Crippen LogP contribution < -0.4 is 10.2 Å². The molecule has 2 aliphatic rings. The fourth-order valence-electron chi connectivity index (χ4n) is 2.63. The summed E-state index contributed by atoms with van der Waals surface area (Å²) < 4.78 is 5.25. The van der Waals surface area contributed by atoms with Crippen molar-refractivity contribution in [3.63, 3.8) is 0 Å². The predicted molar refractivity (Wildman–Crippen MR) is 70.0 cm³/mol. The van der Waals surface area contributed by atoms with E-state index in [4.69, 9.17) is 10.00 Å². The summed E-state index contributed by atoms with van der Waals surface area (Å²) in [6.07, 6.45) is 0.956. The van der Waals surface area contributed by atoms with Gasteiger partial charge in [-0.25, -0.2) is 9.69 Å². The number of amides is 3. The Balaban J connectivity index is 1.96. The van der Waals surface area contributed by atoms with Gasteiger partial charge in [0.15, 0.2) is 0 Å². The SMILES string of the molecule is N#Cc1cccc(N2C(=O)NC3(CCOCC3)C2=O)c1. The number of hydrogen-bond donors (Lipinski definition) is 1. The molecule has 2 fully saturated rings. The van der Waals surface area contributed by atoms with Gasteiger partial charge in [0.2, 0.25) is 0 Å². The summed E-state index contributed by atoms with van der Waals surface area (Å²) in [5, 5.41) is 11.7. The number of rotatable bonds is 1. The Morgan fingerprint density at radius 1 is 1.30 bits per heavy atom. The smallest absolute Gasteiger partial charge is 0.329 e. The molecular formula is C14H13N3O3. The Morgan fingerprint density at radius 2 is 2.05 bits per heavy atom. The lowest BCUT2D eigenvalue weighted by Crippen LogP contribution is -2.51. The number of benzene rings is 1. The number of nitrogens with zero attached hydrogens (tertiary/aromatic N) is 2. The van der Waals surface area contributed by atoms with Crippen LogP contribution in [0.1, 0.15) is 18.4 Å². The zero-order chi connectivity index (χ0) is 14.2. The maximum atomic E-state index is 12.6. The van der Waals surface area contributed by atoms with E-state index in [1.807, 2.05) is 6.07 Å². The van der Waals surface area contributed by atoms with Crippen molar-refractivity contribution in [2.75, 3.05) is 18.1 Å². The zero-order valence-corrected chi connectivity index (χ0v) is 10.8. The summed E-state index contributed by atoms with van der Waals surface area (Å²) in [4.78, 5) is 25.8. The van der Waals surface area contributed by atoms with Gasteiger partial charge in [0, 0.05) is 26.1 Å². The summed E-state index contributed by atoms with van der Waals surface area (Å²) in [5.41, 5.74) is -0.0104. The van der Waals surface area contributed by atoms with Crippen LogP contribution in [0.3, 0.4) is 0 Å². The van der Waals surface area contributed by atoms with Crippen LogP contribution in [0.2, 0.25) is 0 Å². The minimum Gasteiger partial charge on any atom is -0.381 e. The highest BCUT2D eigenvalue weighted by molar-refractivity contribution is 6.23. The van der Waals surface area contributed by atoms with Crippen LogP contribution in [0.5, 0.6) is 0 Å². The molecule has 0 atom stereocenters. The molecule has 102 valence electrons. The maximum Gasteiger partial charge on any atom is 0.329 e. The molecule has 3 amide bonds. The molecule has 0 aliphatic carbocycles. The van der Waals surface area contributed by atoms with Crippen LogP contribution in [0.25, 0.3) is 0 Å². The highest BCUT2D eigenvalue weighted by Crippen LogP contribution is 2.31. The molecule has 1 N–H and O–H groups in total. The molecule has 3 rings (SSSR count). The van der Waals surface area contributed by atoms with E-state index < -0.39 is 11.6 Å². The minimum absolute atomic E-state index is 0.263. The fourth-order valence-corrected chi connectivity index (χ4v) is 2.63. The van der Waals surface area contributed by atoms with Gasteiger partial charge >= 0.3 is 6.03 Å². The average Bonchev–Trinajstić information content (AvgIpc) is 2.71. The molecule has 0 radical (unpaired) electrons. The van der Waals surface area contributed by atoms with Gasteiger partial charge in [0.1, 0.15) is 5.54 Å². The van der Waals surface area contributed by atoms with E-state index in [0.717, 1.165) is 4.90 Å². The van der Waals surface area contributed by atoms with Gasteiger partial charge in [-0.15, -0.1) is 0 Å². The van der Waals surface area contributed by atoms with Crippen LogP contribution >= 0.6 is 0 Å². The Labute approximate surface area is 115 Å².